The van der Waals surface area contributed by atoms with Gasteiger partial charge in [0, 0.05) is 15.8 Å². The molecule has 2 rings (SSSR count). The van der Waals surface area contributed by atoms with Crippen LogP contribution in [0.5, 0.6) is 11.5 Å². The number of nitrogens with one attached hydrogen (secondary N) is 1. The molecule has 0 spiro atoms. The third-order valence-corrected chi connectivity index (χ3v) is 4.61. The number of thioether (sulfide) groups is 1. The lowest BCUT2D eigenvalue weighted by molar-refractivity contribution is -0.138. The number of carbonyl (C=O) groups is 1. The topological polar surface area (TPSA) is 78.8 Å². The first kappa shape index (κ1) is 13.5. The number of ether oxygens (including phenoxy) is 1. The number of rotatable bonds is 3. The largest absolute Gasteiger partial charge is 0.504 e. The van der Waals surface area contributed by atoms with Crippen LogP contribution in [0.4, 0.5) is 0 Å². The monoisotopic (exact) mass is 333 g/mol. The standard InChI is InChI=1S/C11H12BrNO4S/c1-17-7-3-2-5(12)8(9(7)14)10-13-6(4-18-10)11(15)16/h2-3,6,10,13-14H,4H2,1H3,(H,15,16). The summed E-state index contributed by atoms with van der Waals surface area (Å²) >= 11 is 4.80. The van der Waals surface area contributed by atoms with E-state index in [-0.39, 0.29) is 11.1 Å². The summed E-state index contributed by atoms with van der Waals surface area (Å²) in [5, 5.41) is 21.7. The van der Waals surface area contributed by atoms with Crippen molar-refractivity contribution in [2.75, 3.05) is 12.9 Å². The van der Waals surface area contributed by atoms with E-state index in [0.717, 1.165) is 4.47 Å². The van der Waals surface area contributed by atoms with E-state index in [1.807, 2.05) is 0 Å². The molecular formula is C11H12BrNO4S. The van der Waals surface area contributed by atoms with Crippen LogP contribution < -0.4 is 10.1 Å². The van der Waals surface area contributed by atoms with E-state index in [0.29, 0.717) is 17.1 Å². The lowest BCUT2D eigenvalue weighted by Gasteiger charge is -2.16. The summed E-state index contributed by atoms with van der Waals surface area (Å²) in [6.07, 6.45) is 0. The van der Waals surface area contributed by atoms with Gasteiger partial charge in [-0.15, -0.1) is 11.8 Å². The van der Waals surface area contributed by atoms with Gasteiger partial charge in [-0.2, -0.15) is 0 Å². The van der Waals surface area contributed by atoms with Gasteiger partial charge in [0.15, 0.2) is 11.5 Å². The van der Waals surface area contributed by atoms with Gasteiger partial charge in [-0.1, -0.05) is 15.9 Å². The van der Waals surface area contributed by atoms with Crippen molar-refractivity contribution in [1.82, 2.24) is 5.32 Å². The molecule has 0 aliphatic carbocycles. The molecule has 1 fully saturated rings. The van der Waals surface area contributed by atoms with Gasteiger partial charge < -0.3 is 14.9 Å². The van der Waals surface area contributed by atoms with Crippen LogP contribution in [0.3, 0.4) is 0 Å². The Morgan fingerprint density at radius 2 is 2.33 bits per heavy atom. The number of phenolic OH excluding ortho intramolecular Hbond substituents is 1. The Hall–Kier alpha value is -0.920. The van der Waals surface area contributed by atoms with Gasteiger partial charge in [0.2, 0.25) is 0 Å². The Morgan fingerprint density at radius 3 is 2.89 bits per heavy atom. The Morgan fingerprint density at radius 1 is 1.61 bits per heavy atom. The van der Waals surface area contributed by atoms with Gasteiger partial charge in [-0.3, -0.25) is 10.1 Å². The normalized spacial score (nSPS) is 23.0. The highest BCUT2D eigenvalue weighted by molar-refractivity contribution is 9.10. The molecule has 1 aromatic carbocycles. The summed E-state index contributed by atoms with van der Waals surface area (Å²) in [7, 11) is 1.47. The number of hydrogen-bond donors (Lipinski definition) is 3. The molecule has 2 unspecified atom stereocenters. The fraction of sp³-hybridized carbons (Fsp3) is 0.364. The Bertz CT molecular complexity index is 482. The van der Waals surface area contributed by atoms with Crippen LogP contribution in [-0.4, -0.2) is 35.1 Å². The zero-order chi connectivity index (χ0) is 13.3. The minimum Gasteiger partial charge on any atom is -0.504 e. The number of carboxylic acids is 1. The maximum absolute atomic E-state index is 10.9. The fourth-order valence-electron chi connectivity index (χ4n) is 1.76. The van der Waals surface area contributed by atoms with Crippen molar-refractivity contribution in [2.45, 2.75) is 11.4 Å². The average molecular weight is 334 g/mol. The molecule has 3 N–H and O–H groups in total. The highest BCUT2D eigenvalue weighted by Gasteiger charge is 2.33. The minimum atomic E-state index is -0.886. The molecule has 2 atom stereocenters. The first-order chi connectivity index (χ1) is 8.54. The maximum atomic E-state index is 10.9. The molecule has 18 heavy (non-hydrogen) atoms. The second-order valence-electron chi connectivity index (χ2n) is 3.78. The molecule has 5 nitrogen and oxygen atoms in total. The van der Waals surface area contributed by atoms with E-state index in [1.54, 1.807) is 12.1 Å². The number of carboxylic acid groups (broad SMARTS) is 1. The van der Waals surface area contributed by atoms with Crippen molar-refractivity contribution < 1.29 is 19.7 Å². The lowest BCUT2D eigenvalue weighted by atomic mass is 10.1. The second-order valence-corrected chi connectivity index (χ2v) is 5.78. The molecule has 0 radical (unpaired) electrons. The molecule has 0 aromatic heterocycles. The third kappa shape index (κ3) is 2.43. The minimum absolute atomic E-state index is 0.0305. The molecule has 1 aliphatic rings. The predicted octanol–water partition coefficient (Wildman–Crippen LogP) is 1.95. The van der Waals surface area contributed by atoms with E-state index in [9.17, 15) is 9.90 Å². The smallest absolute Gasteiger partial charge is 0.321 e. The van der Waals surface area contributed by atoms with Crippen LogP contribution in [0.25, 0.3) is 0 Å². The molecule has 0 bridgehead atoms. The van der Waals surface area contributed by atoms with Crippen molar-refractivity contribution in [3.05, 3.63) is 22.2 Å². The van der Waals surface area contributed by atoms with E-state index < -0.39 is 12.0 Å². The number of benzene rings is 1. The van der Waals surface area contributed by atoms with Gasteiger partial charge in [0.1, 0.15) is 6.04 Å². The van der Waals surface area contributed by atoms with Gasteiger partial charge >= 0.3 is 5.97 Å². The molecule has 1 aliphatic heterocycles. The summed E-state index contributed by atoms with van der Waals surface area (Å²) < 4.78 is 5.77. The quantitative estimate of drug-likeness (QED) is 0.784. The highest BCUT2D eigenvalue weighted by Crippen LogP contribution is 2.45. The predicted molar refractivity (Wildman–Crippen MR) is 72.1 cm³/mol. The first-order valence-electron chi connectivity index (χ1n) is 5.20. The van der Waals surface area contributed by atoms with Gasteiger partial charge in [0.05, 0.1) is 12.5 Å². The van der Waals surface area contributed by atoms with Crippen molar-refractivity contribution in [1.29, 1.82) is 0 Å². The first-order valence-corrected chi connectivity index (χ1v) is 7.04. The summed E-state index contributed by atoms with van der Waals surface area (Å²) in [4.78, 5) is 10.9. The number of phenols is 1. The molecule has 1 aromatic rings. The van der Waals surface area contributed by atoms with E-state index in [4.69, 9.17) is 9.84 Å². The summed E-state index contributed by atoms with van der Waals surface area (Å²) in [5.41, 5.74) is 0.614. The Labute approximate surface area is 117 Å². The molecular weight excluding hydrogens is 322 g/mol. The number of hydrogen-bond acceptors (Lipinski definition) is 5. The SMILES string of the molecule is COc1ccc(Br)c(C2NC(C(=O)O)CS2)c1O. The summed E-state index contributed by atoms with van der Waals surface area (Å²) in [6, 6.07) is 2.82. The van der Waals surface area contributed by atoms with Crippen molar-refractivity contribution in [3.8, 4) is 11.5 Å². The number of aromatic hydroxyl groups is 1. The average Bonchev–Trinajstić information content (AvgIpc) is 2.79. The van der Waals surface area contributed by atoms with Crippen molar-refractivity contribution in [3.63, 3.8) is 0 Å². The van der Waals surface area contributed by atoms with Crippen LogP contribution in [-0.2, 0) is 4.79 Å². The van der Waals surface area contributed by atoms with Crippen LogP contribution in [0.2, 0.25) is 0 Å². The zero-order valence-electron chi connectivity index (χ0n) is 9.51. The van der Waals surface area contributed by atoms with Gasteiger partial charge in [-0.25, -0.2) is 0 Å². The van der Waals surface area contributed by atoms with Crippen LogP contribution >= 0.6 is 27.7 Å². The summed E-state index contributed by atoms with van der Waals surface area (Å²) in [6.45, 7) is 0. The molecule has 98 valence electrons. The zero-order valence-corrected chi connectivity index (χ0v) is 11.9. The fourth-order valence-corrected chi connectivity index (χ4v) is 3.75. The highest BCUT2D eigenvalue weighted by atomic mass is 79.9. The second kappa shape index (κ2) is 5.38. The Kier molecular flexibility index (Phi) is 4.04. The molecule has 1 saturated heterocycles. The van der Waals surface area contributed by atoms with E-state index in [1.165, 1.54) is 18.9 Å². The number of halogens is 1. The van der Waals surface area contributed by atoms with Crippen molar-refractivity contribution >= 4 is 33.7 Å². The molecule has 1 heterocycles. The Balaban J connectivity index is 2.32. The van der Waals surface area contributed by atoms with E-state index >= 15 is 0 Å². The third-order valence-electron chi connectivity index (χ3n) is 2.69. The van der Waals surface area contributed by atoms with Gasteiger partial charge in [-0.05, 0) is 12.1 Å². The number of aliphatic carboxylic acids is 1. The number of methoxy groups -OCH3 is 1. The van der Waals surface area contributed by atoms with Crippen LogP contribution in [0, 0.1) is 0 Å². The maximum Gasteiger partial charge on any atom is 0.321 e. The van der Waals surface area contributed by atoms with Crippen molar-refractivity contribution in [2.24, 2.45) is 0 Å². The van der Waals surface area contributed by atoms with Gasteiger partial charge in [0.25, 0.3) is 0 Å². The van der Waals surface area contributed by atoms with Crippen LogP contribution in [0.15, 0.2) is 16.6 Å². The summed E-state index contributed by atoms with van der Waals surface area (Å²) in [5.74, 6) is -0.0240. The van der Waals surface area contributed by atoms with Crippen LogP contribution in [0.1, 0.15) is 10.9 Å². The molecule has 7 heteroatoms. The lowest BCUT2D eigenvalue weighted by Crippen LogP contribution is -2.33. The van der Waals surface area contributed by atoms with E-state index in [2.05, 4.69) is 21.2 Å². The molecule has 0 amide bonds. The molecule has 0 saturated carbocycles.